The molecule has 0 amide bonds. The number of aromatic nitrogens is 1. The molecule has 0 spiro atoms. The lowest BCUT2D eigenvalue weighted by Gasteiger charge is -2.03. The van der Waals surface area contributed by atoms with Gasteiger partial charge in [0.2, 0.25) is 0 Å². The summed E-state index contributed by atoms with van der Waals surface area (Å²) in [6.07, 6.45) is 2.27. The Bertz CT molecular complexity index is 574. The highest BCUT2D eigenvalue weighted by molar-refractivity contribution is 9.10. The van der Waals surface area contributed by atoms with Gasteiger partial charge >= 0.3 is 5.97 Å². The number of aldehydes is 1. The molecule has 82 valence electrons. The van der Waals surface area contributed by atoms with Gasteiger partial charge in [-0.05, 0) is 12.1 Å². The third-order valence-electron chi connectivity index (χ3n) is 2.31. The number of H-pyrrole nitrogens is 1. The first-order chi connectivity index (χ1) is 7.67. The number of hydrogen-bond donors (Lipinski definition) is 1. The molecule has 5 heteroatoms. The molecule has 1 heterocycles. The van der Waals surface area contributed by atoms with E-state index in [1.165, 1.54) is 7.11 Å². The molecular weight excluding hydrogens is 274 g/mol. The fourth-order valence-corrected chi connectivity index (χ4v) is 2.08. The zero-order valence-corrected chi connectivity index (χ0v) is 10.00. The Morgan fingerprint density at radius 1 is 1.50 bits per heavy atom. The van der Waals surface area contributed by atoms with Crippen molar-refractivity contribution in [2.24, 2.45) is 0 Å². The predicted molar refractivity (Wildman–Crippen MR) is 62.7 cm³/mol. The van der Waals surface area contributed by atoms with Crippen LogP contribution in [0.2, 0.25) is 0 Å². The lowest BCUT2D eigenvalue weighted by molar-refractivity contribution is 0.0603. The molecule has 0 fully saturated rings. The van der Waals surface area contributed by atoms with E-state index < -0.39 is 5.97 Å². The fourth-order valence-electron chi connectivity index (χ4n) is 1.62. The molecule has 4 nitrogen and oxygen atoms in total. The molecule has 0 unspecified atom stereocenters. The lowest BCUT2D eigenvalue weighted by Crippen LogP contribution is -2.02. The summed E-state index contributed by atoms with van der Waals surface area (Å²) in [6, 6.07) is 3.43. The second-order valence-corrected chi connectivity index (χ2v) is 4.15. The Morgan fingerprint density at radius 2 is 2.25 bits per heavy atom. The first-order valence-corrected chi connectivity index (χ1v) is 5.30. The Balaban J connectivity index is 2.82. The van der Waals surface area contributed by atoms with E-state index in [0.717, 1.165) is 9.99 Å². The van der Waals surface area contributed by atoms with Crippen molar-refractivity contribution in [1.82, 2.24) is 4.98 Å². The zero-order valence-electron chi connectivity index (χ0n) is 8.41. The van der Waals surface area contributed by atoms with Crippen LogP contribution < -0.4 is 0 Å². The topological polar surface area (TPSA) is 59.2 Å². The molecule has 16 heavy (non-hydrogen) atoms. The molecule has 2 aromatic rings. The first-order valence-electron chi connectivity index (χ1n) is 4.51. The van der Waals surface area contributed by atoms with E-state index in [9.17, 15) is 9.59 Å². The van der Waals surface area contributed by atoms with E-state index in [2.05, 4.69) is 25.7 Å². The van der Waals surface area contributed by atoms with Crippen molar-refractivity contribution in [2.75, 3.05) is 7.11 Å². The van der Waals surface area contributed by atoms with Crippen LogP contribution in [0.25, 0.3) is 10.9 Å². The Kier molecular flexibility index (Phi) is 2.78. The Morgan fingerprint density at radius 3 is 2.88 bits per heavy atom. The van der Waals surface area contributed by atoms with E-state index in [0.29, 0.717) is 22.8 Å². The van der Waals surface area contributed by atoms with Crippen LogP contribution in [-0.2, 0) is 4.74 Å². The van der Waals surface area contributed by atoms with Crippen LogP contribution in [0, 0.1) is 0 Å². The minimum absolute atomic E-state index is 0.371. The maximum absolute atomic E-state index is 11.6. The van der Waals surface area contributed by atoms with Crippen LogP contribution in [0.3, 0.4) is 0 Å². The number of benzene rings is 1. The number of carbonyl (C=O) groups excluding carboxylic acids is 2. The van der Waals surface area contributed by atoms with Crippen molar-refractivity contribution >= 4 is 39.1 Å². The summed E-state index contributed by atoms with van der Waals surface area (Å²) in [5, 5.41) is 0.588. The molecule has 1 aromatic heterocycles. The standard InChI is InChI=1S/C11H8BrNO3/c1-16-11(15)8-2-7(12)3-9-10(8)6(5-14)4-13-9/h2-5,13H,1H3. The minimum atomic E-state index is -0.464. The normalized spacial score (nSPS) is 10.4. The molecule has 0 aliphatic carbocycles. The Hall–Kier alpha value is -1.62. The van der Waals surface area contributed by atoms with Crippen molar-refractivity contribution in [3.05, 3.63) is 33.9 Å². The van der Waals surface area contributed by atoms with Crippen molar-refractivity contribution in [3.8, 4) is 0 Å². The molecule has 0 aliphatic rings. The van der Waals surface area contributed by atoms with E-state index >= 15 is 0 Å². The molecule has 0 bridgehead atoms. The zero-order chi connectivity index (χ0) is 11.7. The summed E-state index contributed by atoms with van der Waals surface area (Å²) >= 11 is 3.30. The third kappa shape index (κ3) is 1.63. The van der Waals surface area contributed by atoms with E-state index in [1.54, 1.807) is 18.3 Å². The van der Waals surface area contributed by atoms with Gasteiger partial charge in [0.05, 0.1) is 12.7 Å². The number of methoxy groups -OCH3 is 1. The van der Waals surface area contributed by atoms with Crippen LogP contribution in [0.1, 0.15) is 20.7 Å². The average Bonchev–Trinajstić information content (AvgIpc) is 2.69. The average molecular weight is 282 g/mol. The van der Waals surface area contributed by atoms with Crippen LogP contribution in [0.5, 0.6) is 0 Å². The summed E-state index contributed by atoms with van der Waals surface area (Å²) in [5.41, 5.74) is 1.54. The van der Waals surface area contributed by atoms with Crippen molar-refractivity contribution in [3.63, 3.8) is 0 Å². The number of ether oxygens (including phenoxy) is 1. The first kappa shape index (κ1) is 10.9. The fraction of sp³-hybridized carbons (Fsp3) is 0.0909. The van der Waals surface area contributed by atoms with Gasteiger partial charge in [0, 0.05) is 27.1 Å². The SMILES string of the molecule is COC(=O)c1cc(Br)cc2[nH]cc(C=O)c12. The number of hydrogen-bond acceptors (Lipinski definition) is 3. The largest absolute Gasteiger partial charge is 0.465 e. The van der Waals surface area contributed by atoms with Gasteiger partial charge in [0.25, 0.3) is 0 Å². The molecular formula is C11H8BrNO3. The summed E-state index contributed by atoms with van der Waals surface area (Å²) < 4.78 is 5.43. The van der Waals surface area contributed by atoms with Crippen LogP contribution >= 0.6 is 15.9 Å². The number of halogens is 1. The second-order valence-electron chi connectivity index (χ2n) is 3.23. The molecule has 0 saturated carbocycles. The van der Waals surface area contributed by atoms with Gasteiger partial charge < -0.3 is 9.72 Å². The molecule has 0 aliphatic heterocycles. The summed E-state index contributed by atoms with van der Waals surface area (Å²) in [5.74, 6) is -0.464. The number of esters is 1. The van der Waals surface area contributed by atoms with Gasteiger partial charge in [0.15, 0.2) is 6.29 Å². The van der Waals surface area contributed by atoms with E-state index in [4.69, 9.17) is 0 Å². The van der Waals surface area contributed by atoms with Crippen molar-refractivity contribution in [2.45, 2.75) is 0 Å². The van der Waals surface area contributed by atoms with Gasteiger partial charge in [-0.15, -0.1) is 0 Å². The maximum Gasteiger partial charge on any atom is 0.338 e. The van der Waals surface area contributed by atoms with Crippen molar-refractivity contribution in [1.29, 1.82) is 0 Å². The quantitative estimate of drug-likeness (QED) is 0.680. The van der Waals surface area contributed by atoms with Gasteiger partial charge in [-0.3, -0.25) is 4.79 Å². The maximum atomic E-state index is 11.6. The minimum Gasteiger partial charge on any atom is -0.465 e. The number of fused-ring (bicyclic) bond motifs is 1. The van der Waals surface area contributed by atoms with Gasteiger partial charge in [0.1, 0.15) is 0 Å². The number of carbonyl (C=O) groups is 2. The van der Waals surface area contributed by atoms with Crippen LogP contribution in [0.4, 0.5) is 0 Å². The molecule has 0 saturated heterocycles. The highest BCUT2D eigenvalue weighted by Gasteiger charge is 2.15. The van der Waals surface area contributed by atoms with Gasteiger partial charge in [-0.1, -0.05) is 15.9 Å². The number of nitrogens with one attached hydrogen (secondary N) is 1. The molecule has 2 rings (SSSR count). The Labute approximate surface area is 99.7 Å². The van der Waals surface area contributed by atoms with E-state index in [1.807, 2.05) is 0 Å². The van der Waals surface area contributed by atoms with Gasteiger partial charge in [-0.2, -0.15) is 0 Å². The smallest absolute Gasteiger partial charge is 0.338 e. The van der Waals surface area contributed by atoms with Crippen molar-refractivity contribution < 1.29 is 14.3 Å². The second kappa shape index (κ2) is 4.09. The summed E-state index contributed by atoms with van der Waals surface area (Å²) in [7, 11) is 1.31. The van der Waals surface area contributed by atoms with Crippen LogP contribution in [-0.4, -0.2) is 24.3 Å². The van der Waals surface area contributed by atoms with Crippen LogP contribution in [0.15, 0.2) is 22.8 Å². The number of aromatic amines is 1. The molecule has 0 atom stereocenters. The van der Waals surface area contributed by atoms with E-state index in [-0.39, 0.29) is 0 Å². The van der Waals surface area contributed by atoms with Gasteiger partial charge in [-0.25, -0.2) is 4.79 Å². The lowest BCUT2D eigenvalue weighted by atomic mass is 10.1. The monoisotopic (exact) mass is 281 g/mol. The number of rotatable bonds is 2. The molecule has 1 N–H and O–H groups in total. The summed E-state index contributed by atoms with van der Waals surface area (Å²) in [4.78, 5) is 25.3. The third-order valence-corrected chi connectivity index (χ3v) is 2.77. The highest BCUT2D eigenvalue weighted by atomic mass is 79.9. The summed E-state index contributed by atoms with van der Waals surface area (Å²) in [6.45, 7) is 0. The highest BCUT2D eigenvalue weighted by Crippen LogP contribution is 2.26. The molecule has 1 aromatic carbocycles. The predicted octanol–water partition coefficient (Wildman–Crippen LogP) is 2.53. The molecule has 0 radical (unpaired) electrons.